The number of nitrogens with one attached hydrogen (secondary N) is 1. The molecule has 1 saturated carbocycles. The Labute approximate surface area is 106 Å². The second kappa shape index (κ2) is 8.06. The molecule has 0 heterocycles. The lowest BCUT2D eigenvalue weighted by Gasteiger charge is -2.26. The van der Waals surface area contributed by atoms with Crippen LogP contribution < -0.4 is 5.32 Å². The van der Waals surface area contributed by atoms with Gasteiger partial charge in [-0.1, -0.05) is 32.6 Å². The van der Waals surface area contributed by atoms with E-state index in [0.717, 1.165) is 13.0 Å². The second-order valence-corrected chi connectivity index (χ2v) is 5.60. The van der Waals surface area contributed by atoms with Gasteiger partial charge in [-0.2, -0.15) is 0 Å². The molecule has 1 fully saturated rings. The van der Waals surface area contributed by atoms with Crippen molar-refractivity contribution in [1.29, 1.82) is 0 Å². The molecule has 1 aliphatic rings. The van der Waals surface area contributed by atoms with E-state index in [1.54, 1.807) is 0 Å². The van der Waals surface area contributed by atoms with Gasteiger partial charge >= 0.3 is 0 Å². The molecule has 0 aromatic rings. The van der Waals surface area contributed by atoms with Crippen molar-refractivity contribution in [3.05, 3.63) is 0 Å². The van der Waals surface area contributed by atoms with Crippen LogP contribution in [0.15, 0.2) is 0 Å². The third kappa shape index (κ3) is 7.02. The van der Waals surface area contributed by atoms with Crippen LogP contribution in [0.1, 0.15) is 58.8 Å². The third-order valence-corrected chi connectivity index (χ3v) is 3.36. The van der Waals surface area contributed by atoms with Crippen LogP contribution in [0.4, 0.5) is 0 Å². The van der Waals surface area contributed by atoms with Crippen LogP contribution in [0.2, 0.25) is 0 Å². The summed E-state index contributed by atoms with van der Waals surface area (Å²) >= 11 is 0. The Hall–Kier alpha value is -0.120. The van der Waals surface area contributed by atoms with Crippen LogP contribution in [-0.2, 0) is 4.74 Å². The van der Waals surface area contributed by atoms with Gasteiger partial charge in [0.15, 0.2) is 0 Å². The van der Waals surface area contributed by atoms with E-state index in [2.05, 4.69) is 12.2 Å². The number of ether oxygens (including phenoxy) is 1. The first kappa shape index (κ1) is 14.9. The van der Waals surface area contributed by atoms with E-state index in [1.807, 2.05) is 6.92 Å². The van der Waals surface area contributed by atoms with E-state index in [0.29, 0.717) is 19.3 Å². The first-order valence-corrected chi connectivity index (χ1v) is 7.19. The van der Waals surface area contributed by atoms with E-state index in [9.17, 15) is 5.11 Å². The molecule has 3 nitrogen and oxygen atoms in total. The van der Waals surface area contributed by atoms with Crippen molar-refractivity contribution in [3.63, 3.8) is 0 Å². The minimum Gasteiger partial charge on any atom is -0.386 e. The van der Waals surface area contributed by atoms with Gasteiger partial charge in [0.2, 0.25) is 0 Å². The van der Waals surface area contributed by atoms with Crippen LogP contribution in [0.3, 0.4) is 0 Å². The average molecular weight is 243 g/mol. The monoisotopic (exact) mass is 243 g/mol. The highest BCUT2D eigenvalue weighted by molar-refractivity contribution is 4.76. The van der Waals surface area contributed by atoms with Crippen LogP contribution in [0.5, 0.6) is 0 Å². The zero-order valence-corrected chi connectivity index (χ0v) is 11.5. The van der Waals surface area contributed by atoms with Crippen molar-refractivity contribution in [1.82, 2.24) is 5.32 Å². The molecule has 1 aliphatic carbocycles. The Balaban J connectivity index is 2.17. The minimum atomic E-state index is -0.735. The minimum absolute atomic E-state index is 0.371. The largest absolute Gasteiger partial charge is 0.386 e. The zero-order chi connectivity index (χ0) is 12.6. The van der Waals surface area contributed by atoms with Gasteiger partial charge in [-0.15, -0.1) is 0 Å². The number of rotatable bonds is 7. The maximum Gasteiger partial charge on any atom is 0.0975 e. The predicted molar refractivity (Wildman–Crippen MR) is 71.2 cm³/mol. The summed E-state index contributed by atoms with van der Waals surface area (Å²) in [5.74, 6) is 0. The summed E-state index contributed by atoms with van der Waals surface area (Å²) in [6, 6.07) is 0. The first-order valence-electron chi connectivity index (χ1n) is 7.19. The second-order valence-electron chi connectivity index (χ2n) is 5.60. The Morgan fingerprint density at radius 3 is 2.47 bits per heavy atom. The standard InChI is InChI=1S/C14H29NO2/c1-3-10-15-11-14(2,16)12-17-13-8-6-4-5-7-9-13/h13,15-16H,3-12H2,1-2H3. The first-order chi connectivity index (χ1) is 8.14. The Morgan fingerprint density at radius 1 is 1.24 bits per heavy atom. The molecule has 0 bridgehead atoms. The topological polar surface area (TPSA) is 41.5 Å². The molecule has 0 radical (unpaired) electrons. The highest BCUT2D eigenvalue weighted by atomic mass is 16.5. The lowest BCUT2D eigenvalue weighted by molar-refractivity contribution is -0.0649. The smallest absolute Gasteiger partial charge is 0.0975 e. The van der Waals surface area contributed by atoms with Crippen molar-refractivity contribution >= 4 is 0 Å². The van der Waals surface area contributed by atoms with Crippen molar-refractivity contribution in [3.8, 4) is 0 Å². The van der Waals surface area contributed by atoms with E-state index in [1.165, 1.54) is 38.5 Å². The summed E-state index contributed by atoms with van der Waals surface area (Å²) in [7, 11) is 0. The normalized spacial score (nSPS) is 22.1. The molecule has 0 aromatic heterocycles. The van der Waals surface area contributed by atoms with Gasteiger partial charge in [-0.25, -0.2) is 0 Å². The molecule has 3 heteroatoms. The van der Waals surface area contributed by atoms with E-state index in [4.69, 9.17) is 4.74 Å². The van der Waals surface area contributed by atoms with Crippen molar-refractivity contribution in [2.75, 3.05) is 19.7 Å². The predicted octanol–water partition coefficient (Wildman–Crippen LogP) is 2.48. The number of hydrogen-bond acceptors (Lipinski definition) is 3. The van der Waals surface area contributed by atoms with Crippen LogP contribution in [-0.4, -0.2) is 36.5 Å². The van der Waals surface area contributed by atoms with E-state index < -0.39 is 5.60 Å². The van der Waals surface area contributed by atoms with E-state index >= 15 is 0 Å². The van der Waals surface area contributed by atoms with Gasteiger partial charge in [0.1, 0.15) is 0 Å². The molecular weight excluding hydrogens is 214 g/mol. The van der Waals surface area contributed by atoms with Gasteiger partial charge in [0.05, 0.1) is 18.3 Å². The van der Waals surface area contributed by atoms with Crippen LogP contribution in [0.25, 0.3) is 0 Å². The molecular formula is C14H29NO2. The third-order valence-electron chi connectivity index (χ3n) is 3.36. The van der Waals surface area contributed by atoms with Gasteiger partial charge in [-0.05, 0) is 32.7 Å². The summed E-state index contributed by atoms with van der Waals surface area (Å²) < 4.78 is 5.87. The fourth-order valence-corrected chi connectivity index (χ4v) is 2.29. The summed E-state index contributed by atoms with van der Waals surface area (Å²) in [6.45, 7) is 6.01. The molecule has 1 rings (SSSR count). The summed E-state index contributed by atoms with van der Waals surface area (Å²) in [4.78, 5) is 0. The molecule has 1 unspecified atom stereocenters. The van der Waals surface area contributed by atoms with Gasteiger partial charge in [-0.3, -0.25) is 0 Å². The molecule has 0 spiro atoms. The molecule has 0 aromatic carbocycles. The highest BCUT2D eigenvalue weighted by Crippen LogP contribution is 2.20. The van der Waals surface area contributed by atoms with Gasteiger partial charge in [0.25, 0.3) is 0 Å². The molecule has 1 atom stereocenters. The maximum atomic E-state index is 10.2. The lowest BCUT2D eigenvalue weighted by atomic mass is 10.1. The van der Waals surface area contributed by atoms with Crippen molar-refractivity contribution in [2.45, 2.75) is 70.5 Å². The van der Waals surface area contributed by atoms with Crippen LogP contribution >= 0.6 is 0 Å². The SMILES string of the molecule is CCCNCC(C)(O)COC1CCCCCC1. The Kier molecular flexibility index (Phi) is 7.09. The van der Waals surface area contributed by atoms with Gasteiger partial charge < -0.3 is 15.2 Å². The van der Waals surface area contributed by atoms with Gasteiger partial charge in [0, 0.05) is 6.54 Å². The summed E-state index contributed by atoms with van der Waals surface area (Å²) in [5.41, 5.74) is -0.735. The maximum absolute atomic E-state index is 10.2. The highest BCUT2D eigenvalue weighted by Gasteiger charge is 2.22. The molecule has 17 heavy (non-hydrogen) atoms. The van der Waals surface area contributed by atoms with Crippen molar-refractivity contribution in [2.24, 2.45) is 0 Å². The Morgan fingerprint density at radius 2 is 1.88 bits per heavy atom. The number of hydrogen-bond donors (Lipinski definition) is 2. The quantitative estimate of drug-likeness (QED) is 0.533. The fourth-order valence-electron chi connectivity index (χ4n) is 2.29. The molecule has 2 N–H and O–H groups in total. The summed E-state index contributed by atoms with van der Waals surface area (Å²) in [5, 5.41) is 13.4. The lowest BCUT2D eigenvalue weighted by Crippen LogP contribution is -2.43. The summed E-state index contributed by atoms with van der Waals surface area (Å²) in [6.07, 6.45) is 9.04. The number of aliphatic hydroxyl groups is 1. The average Bonchev–Trinajstić information content (AvgIpc) is 2.55. The van der Waals surface area contributed by atoms with Crippen molar-refractivity contribution < 1.29 is 9.84 Å². The molecule has 0 amide bonds. The molecule has 102 valence electrons. The molecule has 0 saturated heterocycles. The molecule has 0 aliphatic heterocycles. The van der Waals surface area contributed by atoms with E-state index in [-0.39, 0.29) is 0 Å². The zero-order valence-electron chi connectivity index (χ0n) is 11.5. The fraction of sp³-hybridized carbons (Fsp3) is 1.00. The van der Waals surface area contributed by atoms with Crippen LogP contribution in [0, 0.1) is 0 Å². The Bertz CT molecular complexity index is 187.